The lowest BCUT2D eigenvalue weighted by molar-refractivity contribution is -0.121. The van der Waals surface area contributed by atoms with Crippen molar-refractivity contribution in [1.29, 1.82) is 0 Å². The summed E-state index contributed by atoms with van der Waals surface area (Å²) < 4.78 is 30.7. The number of nitrogens with one attached hydrogen (secondary N) is 1. The predicted molar refractivity (Wildman–Crippen MR) is 103 cm³/mol. The summed E-state index contributed by atoms with van der Waals surface area (Å²) in [6.45, 7) is 6.65. The lowest BCUT2D eigenvalue weighted by Crippen LogP contribution is -2.34. The molecule has 0 saturated carbocycles. The molecule has 2 aromatic rings. The molecule has 0 aliphatic rings. The molecule has 2 rings (SSSR count). The molecule has 1 amide bonds. The number of hydrogen-bond donors (Lipinski definition) is 1. The van der Waals surface area contributed by atoms with Crippen molar-refractivity contribution in [2.45, 2.75) is 39.2 Å². The Morgan fingerprint density at radius 1 is 1.15 bits per heavy atom. The summed E-state index contributed by atoms with van der Waals surface area (Å²) in [4.78, 5) is 12.0. The monoisotopic (exact) mass is 378 g/mol. The molecule has 1 aromatic heterocycles. The van der Waals surface area contributed by atoms with Crippen LogP contribution in [0.1, 0.15) is 38.5 Å². The normalized spacial score (nSPS) is 12.0. The molecule has 0 radical (unpaired) electrons. The topological polar surface area (TPSA) is 79.6 Å². The fraction of sp³-hybridized carbons (Fsp3) is 0.421. The number of carbonyl (C=O) groups excluding carboxylic acids is 1. The molecule has 0 aliphatic heterocycles. The summed E-state index contributed by atoms with van der Waals surface area (Å²) in [6, 6.07) is 10.9. The first-order valence-corrected chi connectivity index (χ1v) is 10.3. The number of anilines is 1. The number of amides is 1. The average Bonchev–Trinajstić information content (AvgIpc) is 3.05. The second kappa shape index (κ2) is 7.95. The van der Waals surface area contributed by atoms with Crippen molar-refractivity contribution in [2.75, 3.05) is 17.1 Å². The minimum absolute atomic E-state index is 0.0137. The zero-order chi connectivity index (χ0) is 19.4. The van der Waals surface area contributed by atoms with E-state index in [1.54, 1.807) is 24.3 Å². The third kappa shape index (κ3) is 5.62. The number of hydrogen-bond acceptors (Lipinski definition) is 4. The van der Waals surface area contributed by atoms with Gasteiger partial charge in [0, 0.05) is 13.0 Å². The third-order valence-electron chi connectivity index (χ3n) is 4.00. The fourth-order valence-electron chi connectivity index (χ4n) is 2.50. The molecular weight excluding hydrogens is 352 g/mol. The van der Waals surface area contributed by atoms with Crippen LogP contribution in [0.5, 0.6) is 0 Å². The van der Waals surface area contributed by atoms with Crippen LogP contribution in [0.3, 0.4) is 0 Å². The summed E-state index contributed by atoms with van der Waals surface area (Å²) in [6.07, 6.45) is 2.74. The first-order valence-electron chi connectivity index (χ1n) is 8.45. The van der Waals surface area contributed by atoms with Crippen LogP contribution in [-0.4, -0.2) is 27.1 Å². The average molecular weight is 378 g/mol. The van der Waals surface area contributed by atoms with Crippen LogP contribution < -0.4 is 9.62 Å². The molecule has 0 spiro atoms. The van der Waals surface area contributed by atoms with Crippen molar-refractivity contribution in [2.24, 2.45) is 0 Å². The van der Waals surface area contributed by atoms with Crippen LogP contribution in [0.25, 0.3) is 0 Å². The van der Waals surface area contributed by atoms with Gasteiger partial charge in [-0.25, -0.2) is 8.42 Å². The summed E-state index contributed by atoms with van der Waals surface area (Å²) in [5.41, 5.74) is 1.66. The molecule has 6 nitrogen and oxygen atoms in total. The van der Waals surface area contributed by atoms with Crippen molar-refractivity contribution in [3.8, 4) is 0 Å². The van der Waals surface area contributed by atoms with E-state index < -0.39 is 10.0 Å². The zero-order valence-electron chi connectivity index (χ0n) is 15.7. The van der Waals surface area contributed by atoms with Crippen LogP contribution >= 0.6 is 0 Å². The van der Waals surface area contributed by atoms with Crippen LogP contribution in [0.4, 0.5) is 5.69 Å². The molecule has 1 heterocycles. The van der Waals surface area contributed by atoms with Crippen LogP contribution in [0.15, 0.2) is 47.1 Å². The molecule has 1 N–H and O–H groups in total. The Labute approximate surface area is 155 Å². The van der Waals surface area contributed by atoms with Gasteiger partial charge in [0.05, 0.1) is 24.8 Å². The highest BCUT2D eigenvalue weighted by Crippen LogP contribution is 2.26. The van der Waals surface area contributed by atoms with Gasteiger partial charge >= 0.3 is 0 Å². The van der Waals surface area contributed by atoms with E-state index in [9.17, 15) is 13.2 Å². The van der Waals surface area contributed by atoms with Crippen molar-refractivity contribution < 1.29 is 17.6 Å². The number of benzene rings is 1. The number of sulfonamides is 1. The number of rotatable bonds is 7. The number of carbonyl (C=O) groups is 1. The van der Waals surface area contributed by atoms with Crippen molar-refractivity contribution >= 4 is 21.6 Å². The molecule has 0 unspecified atom stereocenters. The number of furan rings is 1. The first kappa shape index (κ1) is 20.0. The van der Waals surface area contributed by atoms with Gasteiger partial charge in [0.2, 0.25) is 15.9 Å². The Hall–Kier alpha value is -2.28. The highest BCUT2D eigenvalue weighted by Gasteiger charge is 2.20. The number of nitrogens with zero attached hydrogens (tertiary/aromatic N) is 1. The maximum Gasteiger partial charge on any atom is 0.232 e. The maximum absolute atomic E-state index is 12.2. The van der Waals surface area contributed by atoms with Crippen LogP contribution in [-0.2, 0) is 26.8 Å². The molecule has 26 heavy (non-hydrogen) atoms. The highest BCUT2D eigenvalue weighted by molar-refractivity contribution is 7.92. The summed E-state index contributed by atoms with van der Waals surface area (Å²) in [7, 11) is -3.49. The van der Waals surface area contributed by atoms with Crippen molar-refractivity contribution in [1.82, 2.24) is 5.32 Å². The Morgan fingerprint density at radius 2 is 1.81 bits per heavy atom. The zero-order valence-corrected chi connectivity index (χ0v) is 16.5. The smallest absolute Gasteiger partial charge is 0.232 e. The summed E-state index contributed by atoms with van der Waals surface area (Å²) >= 11 is 0. The summed E-state index contributed by atoms with van der Waals surface area (Å²) in [5, 5.41) is 2.72. The standard InChI is InChI=1S/C19H26N2O4S/c1-19(2,3)15-7-9-16(10-8-15)21(26(4,23)24)12-11-18(22)20-14-17-6-5-13-25-17/h5-10,13H,11-12,14H2,1-4H3,(H,20,22). The lowest BCUT2D eigenvalue weighted by atomic mass is 9.87. The van der Waals surface area contributed by atoms with E-state index in [1.165, 1.54) is 10.6 Å². The van der Waals surface area contributed by atoms with E-state index in [1.807, 2.05) is 12.1 Å². The second-order valence-corrected chi connectivity index (χ2v) is 9.14. The van der Waals surface area contributed by atoms with Gasteiger partial charge in [-0.2, -0.15) is 0 Å². The molecular formula is C19H26N2O4S. The SMILES string of the molecule is CC(C)(C)c1ccc(N(CCC(=O)NCc2ccco2)S(C)(=O)=O)cc1. The first-order chi connectivity index (χ1) is 12.1. The maximum atomic E-state index is 12.2. The minimum atomic E-state index is -3.49. The molecule has 7 heteroatoms. The Kier molecular flexibility index (Phi) is 6.13. The fourth-order valence-corrected chi connectivity index (χ4v) is 3.43. The largest absolute Gasteiger partial charge is 0.467 e. The molecule has 0 atom stereocenters. The minimum Gasteiger partial charge on any atom is -0.467 e. The highest BCUT2D eigenvalue weighted by atomic mass is 32.2. The van der Waals surface area contributed by atoms with Crippen molar-refractivity contribution in [3.05, 3.63) is 54.0 Å². The molecule has 142 valence electrons. The molecule has 0 saturated heterocycles. The molecule has 0 aliphatic carbocycles. The molecule has 0 fully saturated rings. The van der Waals surface area contributed by atoms with Gasteiger partial charge in [0.1, 0.15) is 5.76 Å². The van der Waals surface area contributed by atoms with Gasteiger partial charge in [-0.3, -0.25) is 9.10 Å². The van der Waals surface area contributed by atoms with Crippen LogP contribution in [0.2, 0.25) is 0 Å². The van der Waals surface area contributed by atoms with E-state index >= 15 is 0 Å². The van der Waals surface area contributed by atoms with Crippen LogP contribution in [0, 0.1) is 0 Å². The van der Waals surface area contributed by atoms with Gasteiger partial charge < -0.3 is 9.73 Å². The van der Waals surface area contributed by atoms with Gasteiger partial charge in [0.15, 0.2) is 0 Å². The molecule has 0 bridgehead atoms. The Morgan fingerprint density at radius 3 is 2.31 bits per heavy atom. The van der Waals surface area contributed by atoms with Crippen molar-refractivity contribution in [3.63, 3.8) is 0 Å². The Balaban J connectivity index is 2.02. The van der Waals surface area contributed by atoms with E-state index in [2.05, 4.69) is 26.1 Å². The quantitative estimate of drug-likeness (QED) is 0.803. The second-order valence-electron chi connectivity index (χ2n) is 7.24. The predicted octanol–water partition coefficient (Wildman–Crippen LogP) is 3.05. The van der Waals surface area contributed by atoms with E-state index in [-0.39, 0.29) is 30.8 Å². The van der Waals surface area contributed by atoms with Gasteiger partial charge in [-0.15, -0.1) is 0 Å². The lowest BCUT2D eigenvalue weighted by Gasteiger charge is -2.24. The van der Waals surface area contributed by atoms with Gasteiger partial charge in [0.25, 0.3) is 0 Å². The molecule has 1 aromatic carbocycles. The Bertz CT molecular complexity index is 819. The third-order valence-corrected chi connectivity index (χ3v) is 5.20. The van der Waals surface area contributed by atoms with E-state index in [0.29, 0.717) is 11.4 Å². The summed E-state index contributed by atoms with van der Waals surface area (Å²) in [5.74, 6) is 0.414. The van der Waals surface area contributed by atoms with E-state index in [0.717, 1.165) is 11.8 Å². The van der Waals surface area contributed by atoms with Gasteiger partial charge in [-0.05, 0) is 35.2 Å². The van der Waals surface area contributed by atoms with E-state index in [4.69, 9.17) is 4.42 Å². The van der Waals surface area contributed by atoms with Gasteiger partial charge in [-0.1, -0.05) is 32.9 Å².